The summed E-state index contributed by atoms with van der Waals surface area (Å²) in [6.45, 7) is 2.86. The lowest BCUT2D eigenvalue weighted by Gasteiger charge is -2.17. The maximum atomic E-state index is 13.3. The average molecular weight is 341 g/mol. The van der Waals surface area contributed by atoms with Gasteiger partial charge in [0.05, 0.1) is 5.92 Å². The topological polar surface area (TPSA) is 20.3 Å². The van der Waals surface area contributed by atoms with Crippen LogP contribution in [-0.2, 0) is 11.2 Å². The van der Waals surface area contributed by atoms with Crippen LogP contribution in [0.4, 0.5) is 5.69 Å². The van der Waals surface area contributed by atoms with E-state index in [0.717, 1.165) is 24.2 Å². The van der Waals surface area contributed by atoms with E-state index in [1.807, 2.05) is 53.4 Å². The fourth-order valence-electron chi connectivity index (χ4n) is 3.92. The van der Waals surface area contributed by atoms with Crippen LogP contribution in [0.5, 0.6) is 0 Å². The fraction of sp³-hybridized carbons (Fsp3) is 0.208. The minimum atomic E-state index is -0.0855. The molecule has 0 unspecified atom stereocenters. The summed E-state index contributed by atoms with van der Waals surface area (Å²) in [5.41, 5.74) is 4.67. The Labute approximate surface area is 155 Å². The van der Waals surface area contributed by atoms with Crippen LogP contribution in [0.25, 0.3) is 0 Å². The minimum absolute atomic E-state index is 0.0855. The van der Waals surface area contributed by atoms with Gasteiger partial charge in [-0.1, -0.05) is 78.4 Å². The number of hydrogen-bond donors (Lipinski definition) is 0. The molecule has 1 aliphatic rings. The van der Waals surface area contributed by atoms with E-state index in [9.17, 15) is 4.79 Å². The molecule has 0 spiro atoms. The zero-order valence-electron chi connectivity index (χ0n) is 15.0. The molecule has 0 radical (unpaired) electrons. The van der Waals surface area contributed by atoms with Crippen molar-refractivity contribution >= 4 is 11.6 Å². The van der Waals surface area contributed by atoms with Crippen molar-refractivity contribution in [3.8, 4) is 0 Å². The molecular formula is C24H23NO. The highest BCUT2D eigenvalue weighted by Crippen LogP contribution is 2.38. The zero-order valence-corrected chi connectivity index (χ0v) is 15.0. The quantitative estimate of drug-likeness (QED) is 0.655. The van der Waals surface area contributed by atoms with Gasteiger partial charge in [0, 0.05) is 12.2 Å². The van der Waals surface area contributed by atoms with E-state index in [1.54, 1.807) is 0 Å². The first-order valence-electron chi connectivity index (χ1n) is 9.19. The Hall–Kier alpha value is -2.87. The fourth-order valence-corrected chi connectivity index (χ4v) is 3.92. The first kappa shape index (κ1) is 16.6. The first-order valence-corrected chi connectivity index (χ1v) is 9.19. The highest BCUT2D eigenvalue weighted by atomic mass is 16.2. The molecule has 1 saturated heterocycles. The van der Waals surface area contributed by atoms with Crippen LogP contribution in [0.3, 0.4) is 0 Å². The number of carbonyl (C=O) groups is 1. The van der Waals surface area contributed by atoms with Gasteiger partial charge < -0.3 is 4.90 Å². The van der Waals surface area contributed by atoms with E-state index in [-0.39, 0.29) is 17.7 Å². The van der Waals surface area contributed by atoms with Crippen LogP contribution in [0.15, 0.2) is 84.9 Å². The highest BCUT2D eigenvalue weighted by molar-refractivity contribution is 6.00. The average Bonchev–Trinajstić information content (AvgIpc) is 3.01. The highest BCUT2D eigenvalue weighted by Gasteiger charge is 2.41. The Kier molecular flexibility index (Phi) is 4.57. The Balaban J connectivity index is 1.67. The second-order valence-electron chi connectivity index (χ2n) is 7.12. The lowest BCUT2D eigenvalue weighted by Crippen LogP contribution is -2.26. The van der Waals surface area contributed by atoms with Gasteiger partial charge in [0.2, 0.25) is 5.91 Å². The molecule has 2 nitrogen and oxygen atoms in total. The molecule has 3 aromatic rings. The number of amides is 1. The number of aryl methyl sites for hydroxylation is 1. The zero-order chi connectivity index (χ0) is 17.9. The van der Waals surface area contributed by atoms with E-state index in [1.165, 1.54) is 11.1 Å². The molecule has 1 amide bonds. The molecule has 130 valence electrons. The second kappa shape index (κ2) is 7.17. The van der Waals surface area contributed by atoms with Crippen LogP contribution >= 0.6 is 0 Å². The van der Waals surface area contributed by atoms with E-state index in [2.05, 4.69) is 43.3 Å². The predicted octanol–water partition coefficient (Wildman–Crippen LogP) is 4.98. The van der Waals surface area contributed by atoms with Crippen LogP contribution in [0, 0.1) is 12.8 Å². The van der Waals surface area contributed by atoms with Crippen molar-refractivity contribution in [3.63, 3.8) is 0 Å². The van der Waals surface area contributed by atoms with Crippen LogP contribution < -0.4 is 4.90 Å². The van der Waals surface area contributed by atoms with E-state index in [4.69, 9.17) is 0 Å². The number of para-hydroxylation sites is 1. The molecule has 3 aromatic carbocycles. The molecule has 26 heavy (non-hydrogen) atoms. The summed E-state index contributed by atoms with van der Waals surface area (Å²) >= 11 is 0. The summed E-state index contributed by atoms with van der Waals surface area (Å²) in [4.78, 5) is 15.2. The Bertz CT molecular complexity index is 871. The Morgan fingerprint density at radius 2 is 1.46 bits per heavy atom. The Morgan fingerprint density at radius 1 is 0.846 bits per heavy atom. The van der Waals surface area contributed by atoms with Crippen molar-refractivity contribution < 1.29 is 4.79 Å². The van der Waals surface area contributed by atoms with Crippen LogP contribution in [-0.4, -0.2) is 12.5 Å². The maximum Gasteiger partial charge on any atom is 0.234 e. The largest absolute Gasteiger partial charge is 0.312 e. The van der Waals surface area contributed by atoms with Crippen molar-refractivity contribution in [3.05, 3.63) is 102 Å². The molecule has 0 bridgehead atoms. The monoisotopic (exact) mass is 341 g/mol. The molecule has 2 heteroatoms. The SMILES string of the molecule is Cc1ccc(C[C@H]2CN(c3ccccc3)C(=O)[C@@H]2c2ccccc2)cc1. The molecule has 2 atom stereocenters. The number of anilines is 1. The standard InChI is InChI=1S/C24H23NO/c1-18-12-14-19(15-13-18)16-21-17-25(22-10-6-3-7-11-22)24(26)23(21)20-8-4-2-5-9-20/h2-15,21,23H,16-17H2,1H3/t21-,23+/m0/s1. The summed E-state index contributed by atoms with van der Waals surface area (Å²) in [6, 6.07) is 28.9. The lowest BCUT2D eigenvalue weighted by atomic mass is 9.84. The number of carbonyl (C=O) groups excluding carboxylic acids is 1. The van der Waals surface area contributed by atoms with Gasteiger partial charge in [0.1, 0.15) is 0 Å². The summed E-state index contributed by atoms with van der Waals surface area (Å²) in [5, 5.41) is 0. The van der Waals surface area contributed by atoms with Crippen molar-refractivity contribution in [1.29, 1.82) is 0 Å². The first-order chi connectivity index (χ1) is 12.7. The third-order valence-corrected chi connectivity index (χ3v) is 5.27. The molecule has 1 fully saturated rings. The third kappa shape index (κ3) is 3.28. The van der Waals surface area contributed by atoms with Gasteiger partial charge in [-0.15, -0.1) is 0 Å². The number of nitrogens with zero attached hydrogens (tertiary/aromatic N) is 1. The predicted molar refractivity (Wildman–Crippen MR) is 106 cm³/mol. The summed E-state index contributed by atoms with van der Waals surface area (Å²) < 4.78 is 0. The molecule has 4 rings (SSSR count). The van der Waals surface area contributed by atoms with Gasteiger partial charge in [0.15, 0.2) is 0 Å². The summed E-state index contributed by atoms with van der Waals surface area (Å²) in [5.74, 6) is 0.394. The molecule has 1 aliphatic heterocycles. The van der Waals surface area contributed by atoms with Crippen LogP contribution in [0.1, 0.15) is 22.6 Å². The van der Waals surface area contributed by atoms with Crippen molar-refractivity contribution in [2.45, 2.75) is 19.3 Å². The molecule has 0 saturated carbocycles. The normalized spacial score (nSPS) is 19.7. The number of rotatable bonds is 4. The molecule has 1 heterocycles. The Morgan fingerprint density at radius 3 is 2.12 bits per heavy atom. The summed E-state index contributed by atoms with van der Waals surface area (Å²) in [7, 11) is 0. The summed E-state index contributed by atoms with van der Waals surface area (Å²) in [6.07, 6.45) is 0.912. The van der Waals surface area contributed by atoms with Gasteiger partial charge in [-0.05, 0) is 42.5 Å². The van der Waals surface area contributed by atoms with E-state index in [0.29, 0.717) is 0 Å². The number of hydrogen-bond acceptors (Lipinski definition) is 1. The molecule has 0 aromatic heterocycles. The van der Waals surface area contributed by atoms with Gasteiger partial charge >= 0.3 is 0 Å². The van der Waals surface area contributed by atoms with Crippen LogP contribution in [0.2, 0.25) is 0 Å². The second-order valence-corrected chi connectivity index (χ2v) is 7.12. The minimum Gasteiger partial charge on any atom is -0.312 e. The molecule has 0 N–H and O–H groups in total. The molecule has 0 aliphatic carbocycles. The third-order valence-electron chi connectivity index (χ3n) is 5.27. The van der Waals surface area contributed by atoms with Gasteiger partial charge in [-0.3, -0.25) is 4.79 Å². The van der Waals surface area contributed by atoms with Crippen molar-refractivity contribution in [2.75, 3.05) is 11.4 Å². The van der Waals surface area contributed by atoms with Gasteiger partial charge in [-0.25, -0.2) is 0 Å². The van der Waals surface area contributed by atoms with Gasteiger partial charge in [0.25, 0.3) is 0 Å². The maximum absolute atomic E-state index is 13.3. The van der Waals surface area contributed by atoms with Gasteiger partial charge in [-0.2, -0.15) is 0 Å². The van der Waals surface area contributed by atoms with E-state index >= 15 is 0 Å². The molecular weight excluding hydrogens is 318 g/mol. The lowest BCUT2D eigenvalue weighted by molar-refractivity contribution is -0.118. The van der Waals surface area contributed by atoms with Crippen molar-refractivity contribution in [2.24, 2.45) is 5.92 Å². The smallest absolute Gasteiger partial charge is 0.234 e. The van der Waals surface area contributed by atoms with Crippen molar-refractivity contribution in [1.82, 2.24) is 0 Å². The number of benzene rings is 3. The van der Waals surface area contributed by atoms with E-state index < -0.39 is 0 Å².